The molecule has 9 heteroatoms. The van der Waals surface area contributed by atoms with Crippen LogP contribution in [0.15, 0.2) is 48.5 Å². The predicted octanol–water partition coefficient (Wildman–Crippen LogP) is 1.60. The van der Waals surface area contributed by atoms with Gasteiger partial charge < -0.3 is 19.3 Å². The fourth-order valence-corrected chi connectivity index (χ4v) is 4.68. The molecule has 0 aliphatic carbocycles. The first-order chi connectivity index (χ1) is 16.3. The summed E-state index contributed by atoms with van der Waals surface area (Å²) in [5.41, 5.74) is -0.183. The number of imide groups is 1. The molecule has 4 amide bonds. The number of nitrogens with zero attached hydrogens (tertiary/aromatic N) is 3. The van der Waals surface area contributed by atoms with Gasteiger partial charge in [0, 0.05) is 50.3 Å². The van der Waals surface area contributed by atoms with E-state index in [2.05, 4.69) is 0 Å². The number of likely N-dealkylation sites (N-methyl/N-ethyl adjacent to an activating group) is 1. The summed E-state index contributed by atoms with van der Waals surface area (Å²) in [6.07, 6.45) is -0.360. The summed E-state index contributed by atoms with van der Waals surface area (Å²) >= 11 is 0. The molecule has 2 aliphatic heterocycles. The number of anilines is 1. The number of hydrogen-bond donors (Lipinski definition) is 0. The minimum atomic E-state index is -1.37. The first-order valence-electron chi connectivity index (χ1n) is 11.0. The first kappa shape index (κ1) is 23.3. The molecule has 2 aliphatic rings. The molecule has 2 aromatic carbocycles. The van der Waals surface area contributed by atoms with Crippen LogP contribution in [0.5, 0.6) is 11.5 Å². The third-order valence-electron chi connectivity index (χ3n) is 6.56. The van der Waals surface area contributed by atoms with Crippen molar-refractivity contribution in [2.75, 3.05) is 45.8 Å². The molecule has 2 aromatic rings. The van der Waals surface area contributed by atoms with Crippen LogP contribution in [0.2, 0.25) is 0 Å². The maximum Gasteiger partial charge on any atom is 0.246 e. The fourth-order valence-electron chi connectivity index (χ4n) is 4.68. The maximum atomic E-state index is 13.4. The molecule has 0 radical (unpaired) electrons. The summed E-state index contributed by atoms with van der Waals surface area (Å²) in [5.74, 6) is -0.327. The lowest BCUT2D eigenvalue weighted by Gasteiger charge is -2.36. The van der Waals surface area contributed by atoms with Gasteiger partial charge in [-0.2, -0.15) is 0 Å². The van der Waals surface area contributed by atoms with E-state index in [-0.39, 0.29) is 37.1 Å². The number of likely N-dealkylation sites (tertiary alicyclic amines) is 1. The average Bonchev–Trinajstić information content (AvgIpc) is 3.07. The molecule has 0 unspecified atom stereocenters. The lowest BCUT2D eigenvalue weighted by Crippen LogP contribution is -2.54. The summed E-state index contributed by atoms with van der Waals surface area (Å²) in [4.78, 5) is 56.2. The van der Waals surface area contributed by atoms with Crippen LogP contribution in [0.1, 0.15) is 18.4 Å². The number of ether oxygens (including phenoxy) is 2. The van der Waals surface area contributed by atoms with Crippen LogP contribution >= 0.6 is 0 Å². The summed E-state index contributed by atoms with van der Waals surface area (Å²) in [6.45, 7) is 0.504. The van der Waals surface area contributed by atoms with Crippen molar-refractivity contribution in [1.29, 1.82) is 0 Å². The molecule has 178 valence electrons. The number of piperazine rings is 1. The highest BCUT2D eigenvalue weighted by atomic mass is 16.5. The molecule has 2 fully saturated rings. The van der Waals surface area contributed by atoms with Crippen molar-refractivity contribution in [3.63, 3.8) is 0 Å². The smallest absolute Gasteiger partial charge is 0.246 e. The molecule has 2 saturated heterocycles. The third kappa shape index (κ3) is 3.98. The van der Waals surface area contributed by atoms with Crippen molar-refractivity contribution in [3.8, 4) is 11.5 Å². The van der Waals surface area contributed by atoms with E-state index in [4.69, 9.17) is 9.47 Å². The zero-order valence-corrected chi connectivity index (χ0v) is 19.4. The molecule has 34 heavy (non-hydrogen) atoms. The maximum absolute atomic E-state index is 13.4. The minimum Gasteiger partial charge on any atom is -0.497 e. The largest absolute Gasteiger partial charge is 0.497 e. The van der Waals surface area contributed by atoms with Crippen LogP contribution in [-0.4, -0.2) is 74.3 Å². The normalized spacial score (nSPS) is 20.7. The molecule has 9 nitrogen and oxygen atoms in total. The van der Waals surface area contributed by atoms with Crippen LogP contribution in [-0.2, 0) is 24.6 Å². The van der Waals surface area contributed by atoms with Gasteiger partial charge in [-0.1, -0.05) is 24.3 Å². The van der Waals surface area contributed by atoms with Gasteiger partial charge in [-0.15, -0.1) is 0 Å². The van der Waals surface area contributed by atoms with Gasteiger partial charge in [0.2, 0.25) is 23.6 Å². The van der Waals surface area contributed by atoms with Crippen molar-refractivity contribution in [2.24, 2.45) is 0 Å². The van der Waals surface area contributed by atoms with Gasteiger partial charge in [-0.05, 0) is 18.2 Å². The zero-order valence-electron chi connectivity index (χ0n) is 19.4. The number of carbonyl (C=O) groups is 4. The summed E-state index contributed by atoms with van der Waals surface area (Å²) in [6, 6.07) is 14.1. The second-order valence-electron chi connectivity index (χ2n) is 8.46. The topological polar surface area (TPSA) is 96.5 Å². The molecule has 0 spiro atoms. The number of amides is 4. The van der Waals surface area contributed by atoms with E-state index < -0.39 is 11.3 Å². The summed E-state index contributed by atoms with van der Waals surface area (Å²) in [7, 11) is 4.46. The summed E-state index contributed by atoms with van der Waals surface area (Å²) in [5, 5.41) is 0. The lowest BCUT2D eigenvalue weighted by atomic mass is 9.75. The van der Waals surface area contributed by atoms with Crippen molar-refractivity contribution >= 4 is 29.3 Å². The highest BCUT2D eigenvalue weighted by Gasteiger charge is 2.54. The van der Waals surface area contributed by atoms with Gasteiger partial charge in [0.25, 0.3) is 0 Å². The van der Waals surface area contributed by atoms with E-state index in [1.54, 1.807) is 54.5 Å². The minimum absolute atomic E-state index is 0.115. The molecule has 0 saturated carbocycles. The molecule has 2 heterocycles. The zero-order chi connectivity index (χ0) is 24.5. The van der Waals surface area contributed by atoms with Gasteiger partial charge in [-0.3, -0.25) is 24.1 Å². The number of hydrogen-bond acceptors (Lipinski definition) is 6. The molecular weight excluding hydrogens is 438 g/mol. The van der Waals surface area contributed by atoms with Crippen LogP contribution in [0.3, 0.4) is 0 Å². The van der Waals surface area contributed by atoms with Crippen molar-refractivity contribution < 1.29 is 28.7 Å². The van der Waals surface area contributed by atoms with Gasteiger partial charge in [0.15, 0.2) is 0 Å². The van der Waals surface area contributed by atoms with Crippen molar-refractivity contribution in [1.82, 2.24) is 9.80 Å². The Kier molecular flexibility index (Phi) is 6.28. The van der Waals surface area contributed by atoms with Crippen molar-refractivity contribution in [2.45, 2.75) is 18.3 Å². The van der Waals surface area contributed by atoms with E-state index in [0.717, 1.165) is 4.90 Å². The highest BCUT2D eigenvalue weighted by molar-refractivity contribution is 6.11. The van der Waals surface area contributed by atoms with Crippen LogP contribution in [0.4, 0.5) is 5.69 Å². The van der Waals surface area contributed by atoms with Crippen LogP contribution < -0.4 is 14.4 Å². The van der Waals surface area contributed by atoms with Gasteiger partial charge >= 0.3 is 0 Å². The Labute approximate surface area is 197 Å². The Balaban J connectivity index is 1.57. The molecule has 0 aromatic heterocycles. The number of carbonyl (C=O) groups excluding carboxylic acids is 4. The number of methoxy groups -OCH3 is 2. The molecular formula is C25H27N3O6. The van der Waals surface area contributed by atoms with E-state index >= 15 is 0 Å². The fraction of sp³-hybridized carbons (Fsp3) is 0.360. The highest BCUT2D eigenvalue weighted by Crippen LogP contribution is 2.43. The van der Waals surface area contributed by atoms with E-state index in [1.807, 2.05) is 6.07 Å². The van der Waals surface area contributed by atoms with E-state index in [0.29, 0.717) is 35.8 Å². The Morgan fingerprint density at radius 2 is 1.74 bits per heavy atom. The molecule has 1 atom stereocenters. The Morgan fingerprint density at radius 3 is 2.38 bits per heavy atom. The van der Waals surface area contributed by atoms with Gasteiger partial charge in [0.05, 0.1) is 19.6 Å². The standard InChI is InChI=1S/C25H27N3O6/c1-26-21(29)14-25(24(26)32,19-9-4-5-10-20(19)34-3)15-22(30)27-11-12-28(23(31)16-27)17-7-6-8-18(13-17)33-2/h4-10,13H,11-12,14-16H2,1-3H3/t25-/m1/s1. The number of rotatable bonds is 6. The lowest BCUT2D eigenvalue weighted by molar-refractivity contribution is -0.142. The summed E-state index contributed by atoms with van der Waals surface area (Å²) < 4.78 is 10.7. The van der Waals surface area contributed by atoms with Gasteiger partial charge in [0.1, 0.15) is 18.0 Å². The first-order valence-corrected chi connectivity index (χ1v) is 11.0. The van der Waals surface area contributed by atoms with Crippen molar-refractivity contribution in [3.05, 3.63) is 54.1 Å². The Hall–Kier alpha value is -3.88. The van der Waals surface area contributed by atoms with Crippen LogP contribution in [0.25, 0.3) is 0 Å². The second kappa shape index (κ2) is 9.17. The predicted molar refractivity (Wildman–Crippen MR) is 124 cm³/mol. The Bertz CT molecular complexity index is 1150. The number of para-hydroxylation sites is 1. The third-order valence-corrected chi connectivity index (χ3v) is 6.56. The average molecular weight is 466 g/mol. The SMILES string of the molecule is COc1cccc(N2CCN(C(=O)C[C@@]3(c4ccccc4OC)CC(=O)N(C)C3=O)CC2=O)c1. The monoisotopic (exact) mass is 465 g/mol. The molecule has 4 rings (SSSR count). The van der Waals surface area contributed by atoms with E-state index in [1.165, 1.54) is 19.1 Å². The van der Waals surface area contributed by atoms with Gasteiger partial charge in [-0.25, -0.2) is 0 Å². The second-order valence-corrected chi connectivity index (χ2v) is 8.46. The quantitative estimate of drug-likeness (QED) is 0.602. The van der Waals surface area contributed by atoms with E-state index in [9.17, 15) is 19.2 Å². The molecule has 0 N–H and O–H groups in total. The molecule has 0 bridgehead atoms. The number of benzene rings is 2. The van der Waals surface area contributed by atoms with Crippen LogP contribution in [0, 0.1) is 0 Å². The Morgan fingerprint density at radius 1 is 0.971 bits per heavy atom.